The fourth-order valence-electron chi connectivity index (χ4n) is 1.76. The summed E-state index contributed by atoms with van der Waals surface area (Å²) >= 11 is 0. The molecule has 0 fully saturated rings. The number of nitrogens with zero attached hydrogens (tertiary/aromatic N) is 2. The first-order chi connectivity index (χ1) is 9.22. The molecule has 1 aromatic heterocycles. The minimum absolute atomic E-state index is 0.315. The van der Waals surface area contributed by atoms with Gasteiger partial charge >= 0.3 is 0 Å². The van der Waals surface area contributed by atoms with Gasteiger partial charge in [-0.2, -0.15) is 0 Å². The SMILES string of the molecule is CCc1nnc(COc2ccc(C(C)CC)cc2)o1. The highest BCUT2D eigenvalue weighted by molar-refractivity contribution is 5.29. The normalized spacial score (nSPS) is 12.4. The molecule has 0 N–H and O–H groups in total. The molecule has 0 spiro atoms. The highest BCUT2D eigenvalue weighted by Crippen LogP contribution is 2.21. The molecule has 4 heteroatoms. The lowest BCUT2D eigenvalue weighted by atomic mass is 9.99. The summed E-state index contributed by atoms with van der Waals surface area (Å²) in [5.74, 6) is 2.56. The summed E-state index contributed by atoms with van der Waals surface area (Å²) in [5.41, 5.74) is 1.33. The van der Waals surface area contributed by atoms with Crippen LogP contribution in [0.15, 0.2) is 28.7 Å². The van der Waals surface area contributed by atoms with Gasteiger partial charge in [0.1, 0.15) is 5.75 Å². The van der Waals surface area contributed by atoms with Gasteiger partial charge in [0.05, 0.1) is 0 Å². The maximum absolute atomic E-state index is 5.62. The average molecular weight is 260 g/mol. The van der Waals surface area contributed by atoms with Crippen LogP contribution >= 0.6 is 0 Å². The average Bonchev–Trinajstić information content (AvgIpc) is 2.93. The van der Waals surface area contributed by atoms with Gasteiger partial charge in [0.2, 0.25) is 5.89 Å². The molecule has 0 bridgehead atoms. The molecule has 0 amide bonds. The minimum Gasteiger partial charge on any atom is -0.484 e. The second-order valence-electron chi connectivity index (χ2n) is 4.61. The number of hydrogen-bond acceptors (Lipinski definition) is 4. The Morgan fingerprint density at radius 1 is 1.11 bits per heavy atom. The number of benzene rings is 1. The Morgan fingerprint density at radius 2 is 1.79 bits per heavy atom. The highest BCUT2D eigenvalue weighted by atomic mass is 16.5. The lowest BCUT2D eigenvalue weighted by Gasteiger charge is -2.09. The van der Waals surface area contributed by atoms with E-state index >= 15 is 0 Å². The first-order valence-electron chi connectivity index (χ1n) is 6.77. The van der Waals surface area contributed by atoms with Crippen LogP contribution in [0.4, 0.5) is 0 Å². The van der Waals surface area contributed by atoms with Gasteiger partial charge in [-0.1, -0.05) is 32.9 Å². The van der Waals surface area contributed by atoms with Gasteiger partial charge in [-0.15, -0.1) is 10.2 Å². The van der Waals surface area contributed by atoms with Crippen LogP contribution in [0.25, 0.3) is 0 Å². The first kappa shape index (κ1) is 13.6. The molecule has 102 valence electrons. The van der Waals surface area contributed by atoms with Crippen LogP contribution in [0.3, 0.4) is 0 Å². The molecule has 0 aliphatic heterocycles. The van der Waals surface area contributed by atoms with Crippen molar-refractivity contribution < 1.29 is 9.15 Å². The molecule has 2 aromatic rings. The van der Waals surface area contributed by atoms with Crippen molar-refractivity contribution >= 4 is 0 Å². The second kappa shape index (κ2) is 6.36. The Kier molecular flexibility index (Phi) is 4.55. The van der Waals surface area contributed by atoms with Crippen molar-refractivity contribution in [2.75, 3.05) is 0 Å². The summed E-state index contributed by atoms with van der Waals surface area (Å²) < 4.78 is 11.0. The van der Waals surface area contributed by atoms with Gasteiger partial charge in [-0.25, -0.2) is 0 Å². The molecule has 0 aliphatic carbocycles. The van der Waals surface area contributed by atoms with Crippen molar-refractivity contribution in [2.45, 2.75) is 46.1 Å². The zero-order chi connectivity index (χ0) is 13.7. The Hall–Kier alpha value is -1.84. The van der Waals surface area contributed by atoms with E-state index in [1.807, 2.05) is 19.1 Å². The van der Waals surface area contributed by atoms with Crippen molar-refractivity contribution in [3.05, 3.63) is 41.6 Å². The fourth-order valence-corrected chi connectivity index (χ4v) is 1.76. The van der Waals surface area contributed by atoms with Crippen molar-refractivity contribution in [3.8, 4) is 5.75 Å². The third-order valence-electron chi connectivity index (χ3n) is 3.23. The van der Waals surface area contributed by atoms with Crippen molar-refractivity contribution in [2.24, 2.45) is 0 Å². The smallest absolute Gasteiger partial charge is 0.253 e. The summed E-state index contributed by atoms with van der Waals surface area (Å²) in [6.07, 6.45) is 1.89. The predicted octanol–water partition coefficient (Wildman–Crippen LogP) is 3.72. The van der Waals surface area contributed by atoms with E-state index in [1.165, 1.54) is 5.56 Å². The molecule has 1 unspecified atom stereocenters. The third kappa shape index (κ3) is 3.56. The van der Waals surface area contributed by atoms with Crippen LogP contribution in [-0.4, -0.2) is 10.2 Å². The molecular weight excluding hydrogens is 240 g/mol. The number of ether oxygens (including phenoxy) is 1. The van der Waals surface area contributed by atoms with E-state index in [0.29, 0.717) is 24.3 Å². The Labute approximate surface area is 113 Å². The summed E-state index contributed by atoms with van der Waals surface area (Å²) in [7, 11) is 0. The van der Waals surface area contributed by atoms with Gasteiger partial charge in [-0.05, 0) is 30.0 Å². The molecule has 1 aromatic carbocycles. The van der Waals surface area contributed by atoms with E-state index in [2.05, 4.69) is 36.2 Å². The van der Waals surface area contributed by atoms with E-state index in [1.54, 1.807) is 0 Å². The van der Waals surface area contributed by atoms with E-state index in [4.69, 9.17) is 9.15 Å². The minimum atomic E-state index is 0.315. The fraction of sp³-hybridized carbons (Fsp3) is 0.467. The van der Waals surface area contributed by atoms with Crippen LogP contribution in [0.5, 0.6) is 5.75 Å². The monoisotopic (exact) mass is 260 g/mol. The molecule has 4 nitrogen and oxygen atoms in total. The van der Waals surface area contributed by atoms with Crippen LogP contribution < -0.4 is 4.74 Å². The standard InChI is InChI=1S/C15H20N2O2/c1-4-11(3)12-6-8-13(9-7-12)18-10-15-17-16-14(5-2)19-15/h6-9,11H,4-5,10H2,1-3H3. The van der Waals surface area contributed by atoms with Gasteiger partial charge in [-0.3, -0.25) is 0 Å². The van der Waals surface area contributed by atoms with E-state index in [0.717, 1.165) is 18.6 Å². The number of aromatic nitrogens is 2. The van der Waals surface area contributed by atoms with Crippen LogP contribution in [-0.2, 0) is 13.0 Å². The van der Waals surface area contributed by atoms with Gasteiger partial charge < -0.3 is 9.15 Å². The Balaban J connectivity index is 1.92. The van der Waals surface area contributed by atoms with Crippen LogP contribution in [0, 0.1) is 0 Å². The zero-order valence-electron chi connectivity index (χ0n) is 11.7. The molecule has 19 heavy (non-hydrogen) atoms. The lowest BCUT2D eigenvalue weighted by molar-refractivity contribution is 0.259. The number of aryl methyl sites for hydroxylation is 1. The molecule has 1 heterocycles. The maximum Gasteiger partial charge on any atom is 0.253 e. The van der Waals surface area contributed by atoms with E-state index < -0.39 is 0 Å². The maximum atomic E-state index is 5.62. The lowest BCUT2D eigenvalue weighted by Crippen LogP contribution is -1.96. The molecule has 0 saturated heterocycles. The number of hydrogen-bond donors (Lipinski definition) is 0. The molecule has 0 radical (unpaired) electrons. The Bertz CT molecular complexity index is 505. The summed E-state index contributed by atoms with van der Waals surface area (Å²) in [4.78, 5) is 0. The summed E-state index contributed by atoms with van der Waals surface area (Å²) in [5, 5.41) is 7.82. The quantitative estimate of drug-likeness (QED) is 0.794. The van der Waals surface area contributed by atoms with Gasteiger partial charge in [0.25, 0.3) is 5.89 Å². The van der Waals surface area contributed by atoms with Crippen LogP contribution in [0.1, 0.15) is 50.5 Å². The van der Waals surface area contributed by atoms with E-state index in [-0.39, 0.29) is 0 Å². The molecular formula is C15H20N2O2. The molecule has 0 saturated carbocycles. The molecule has 2 rings (SSSR count). The van der Waals surface area contributed by atoms with Crippen molar-refractivity contribution in [3.63, 3.8) is 0 Å². The topological polar surface area (TPSA) is 48.2 Å². The van der Waals surface area contributed by atoms with Crippen molar-refractivity contribution in [1.29, 1.82) is 0 Å². The largest absolute Gasteiger partial charge is 0.484 e. The zero-order valence-corrected chi connectivity index (χ0v) is 11.7. The Morgan fingerprint density at radius 3 is 2.37 bits per heavy atom. The number of rotatable bonds is 6. The van der Waals surface area contributed by atoms with Gasteiger partial charge in [0, 0.05) is 6.42 Å². The van der Waals surface area contributed by atoms with Gasteiger partial charge in [0.15, 0.2) is 6.61 Å². The van der Waals surface area contributed by atoms with Crippen LogP contribution in [0.2, 0.25) is 0 Å². The highest BCUT2D eigenvalue weighted by Gasteiger charge is 2.06. The van der Waals surface area contributed by atoms with Crippen molar-refractivity contribution in [1.82, 2.24) is 10.2 Å². The molecule has 0 aliphatic rings. The van der Waals surface area contributed by atoms with E-state index in [9.17, 15) is 0 Å². The second-order valence-corrected chi connectivity index (χ2v) is 4.61. The summed E-state index contributed by atoms with van der Waals surface area (Å²) in [6, 6.07) is 8.18. The first-order valence-corrected chi connectivity index (χ1v) is 6.77. The summed E-state index contributed by atoms with van der Waals surface area (Å²) in [6.45, 7) is 6.71. The predicted molar refractivity (Wildman–Crippen MR) is 73.2 cm³/mol. The molecule has 1 atom stereocenters. The third-order valence-corrected chi connectivity index (χ3v) is 3.23.